The minimum atomic E-state index is -0.729. The quantitative estimate of drug-likeness (QED) is 0.413. The molecule has 1 aromatic carbocycles. The summed E-state index contributed by atoms with van der Waals surface area (Å²) in [6, 6.07) is 2.73. The second-order valence-electron chi connectivity index (χ2n) is 9.69. The molecule has 3 rings (SSSR count). The van der Waals surface area contributed by atoms with Crippen molar-refractivity contribution in [3.8, 4) is 0 Å². The molecular weight excluding hydrogens is 350 g/mol. The van der Waals surface area contributed by atoms with E-state index in [1.165, 1.54) is 76.3 Å². The third kappa shape index (κ3) is 6.42. The third-order valence-electron chi connectivity index (χ3n) is 7.41. The Kier molecular flexibility index (Phi) is 8.11. The van der Waals surface area contributed by atoms with Gasteiger partial charge in [0.05, 0.1) is 0 Å². The van der Waals surface area contributed by atoms with Crippen LogP contribution >= 0.6 is 0 Å². The summed E-state index contributed by atoms with van der Waals surface area (Å²) in [4.78, 5) is 0. The first-order valence-corrected chi connectivity index (χ1v) is 11.6. The maximum absolute atomic E-state index is 13.5. The monoisotopic (exact) mass is 388 g/mol. The average molecular weight is 389 g/mol. The first-order valence-electron chi connectivity index (χ1n) is 11.6. The van der Waals surface area contributed by atoms with Crippen molar-refractivity contribution in [2.45, 2.75) is 90.9 Å². The van der Waals surface area contributed by atoms with Gasteiger partial charge >= 0.3 is 0 Å². The molecule has 2 saturated carbocycles. The summed E-state index contributed by atoms with van der Waals surface area (Å²) in [6.45, 7) is 4.27. The maximum atomic E-state index is 13.5. The molecular formula is C26H38F2. The lowest BCUT2D eigenvalue weighted by Crippen LogP contribution is -2.15. The summed E-state index contributed by atoms with van der Waals surface area (Å²) in [7, 11) is 0. The van der Waals surface area contributed by atoms with Crippen molar-refractivity contribution in [3.05, 3.63) is 47.0 Å². The molecule has 0 spiro atoms. The van der Waals surface area contributed by atoms with Crippen molar-refractivity contribution < 1.29 is 8.78 Å². The molecule has 0 atom stereocenters. The predicted molar refractivity (Wildman–Crippen MR) is 114 cm³/mol. The summed E-state index contributed by atoms with van der Waals surface area (Å²) < 4.78 is 26.7. The van der Waals surface area contributed by atoms with E-state index >= 15 is 0 Å². The second-order valence-corrected chi connectivity index (χ2v) is 9.69. The predicted octanol–water partition coefficient (Wildman–Crippen LogP) is 8.17. The van der Waals surface area contributed by atoms with Gasteiger partial charge in [-0.05, 0) is 105 Å². The number of aryl methyl sites for hydroxylation is 2. The summed E-state index contributed by atoms with van der Waals surface area (Å²) in [5.41, 5.74) is 1.85. The van der Waals surface area contributed by atoms with E-state index in [9.17, 15) is 8.78 Å². The largest absolute Gasteiger partial charge is 0.204 e. The van der Waals surface area contributed by atoms with Gasteiger partial charge in [0.1, 0.15) is 0 Å². The summed E-state index contributed by atoms with van der Waals surface area (Å²) >= 11 is 0. The van der Waals surface area contributed by atoms with Crippen LogP contribution in [0.4, 0.5) is 8.78 Å². The number of rotatable bonds is 7. The highest BCUT2D eigenvalue weighted by Gasteiger charge is 2.21. The average Bonchev–Trinajstić information content (AvgIpc) is 2.69. The number of hydrogen-bond donors (Lipinski definition) is 0. The van der Waals surface area contributed by atoms with Gasteiger partial charge in [0, 0.05) is 0 Å². The zero-order chi connectivity index (χ0) is 19.9. The van der Waals surface area contributed by atoms with Gasteiger partial charge < -0.3 is 0 Å². The minimum Gasteiger partial charge on any atom is -0.204 e. The fourth-order valence-electron chi connectivity index (χ4n) is 5.21. The van der Waals surface area contributed by atoms with Crippen LogP contribution in [0, 0.1) is 42.2 Å². The third-order valence-corrected chi connectivity index (χ3v) is 7.41. The van der Waals surface area contributed by atoms with E-state index in [-0.39, 0.29) is 0 Å². The van der Waals surface area contributed by atoms with Gasteiger partial charge in [-0.2, -0.15) is 0 Å². The zero-order valence-electron chi connectivity index (χ0n) is 17.9. The van der Waals surface area contributed by atoms with E-state index < -0.39 is 11.6 Å². The highest BCUT2D eigenvalue weighted by atomic mass is 19.2. The maximum Gasteiger partial charge on any atom is 0.159 e. The fraction of sp³-hybridized carbons (Fsp3) is 0.692. The first-order chi connectivity index (χ1) is 13.5. The lowest BCUT2D eigenvalue weighted by molar-refractivity contribution is 0.264. The molecule has 0 radical (unpaired) electrons. The molecule has 0 heterocycles. The number of allylic oxidation sites excluding steroid dienone is 2. The van der Waals surface area contributed by atoms with Gasteiger partial charge in [0.15, 0.2) is 11.6 Å². The minimum absolute atomic E-state index is 0.709. The van der Waals surface area contributed by atoms with Crippen molar-refractivity contribution in [1.29, 1.82) is 0 Å². The lowest BCUT2D eigenvalue weighted by Gasteiger charge is -2.28. The van der Waals surface area contributed by atoms with E-state index in [0.29, 0.717) is 0 Å². The number of halogens is 2. The van der Waals surface area contributed by atoms with Crippen LogP contribution in [0.2, 0.25) is 0 Å². The first kappa shape index (κ1) is 21.5. The van der Waals surface area contributed by atoms with Crippen molar-refractivity contribution in [2.75, 3.05) is 0 Å². The SMILES string of the molecule is Cc1cc(F)c(F)cc1CCC1CCC(CC=CCC2CCC(C)CC2)CC1. The van der Waals surface area contributed by atoms with Gasteiger partial charge in [-0.3, -0.25) is 0 Å². The van der Waals surface area contributed by atoms with Crippen LogP contribution in [0.25, 0.3) is 0 Å². The van der Waals surface area contributed by atoms with Gasteiger partial charge in [-0.25, -0.2) is 8.78 Å². The number of hydrogen-bond acceptors (Lipinski definition) is 0. The molecule has 0 unspecified atom stereocenters. The Morgan fingerprint density at radius 2 is 1.29 bits per heavy atom. The molecule has 2 fully saturated rings. The summed E-state index contributed by atoms with van der Waals surface area (Å²) in [5.74, 6) is 2.04. The molecule has 0 aromatic heterocycles. The molecule has 2 aliphatic carbocycles. The molecule has 1 aromatic rings. The molecule has 0 amide bonds. The van der Waals surface area contributed by atoms with Crippen LogP contribution in [0.15, 0.2) is 24.3 Å². The van der Waals surface area contributed by atoms with E-state index in [2.05, 4.69) is 19.1 Å². The molecule has 0 nitrogen and oxygen atoms in total. The van der Waals surface area contributed by atoms with Gasteiger partial charge in [-0.1, -0.05) is 44.8 Å². The topological polar surface area (TPSA) is 0 Å². The Hall–Kier alpha value is -1.18. The molecule has 2 heteroatoms. The number of benzene rings is 1. The fourth-order valence-corrected chi connectivity index (χ4v) is 5.21. The van der Waals surface area contributed by atoms with Crippen LogP contribution in [0.1, 0.15) is 88.7 Å². The van der Waals surface area contributed by atoms with Crippen molar-refractivity contribution >= 4 is 0 Å². The molecule has 2 aliphatic rings. The lowest BCUT2D eigenvalue weighted by atomic mass is 9.78. The smallest absolute Gasteiger partial charge is 0.159 e. The standard InChI is InChI=1S/C26H38F2/c1-19-7-9-21(10-8-19)5-3-4-6-22-11-13-23(14-12-22)15-16-24-18-26(28)25(27)17-20(24)2/h3-4,17-19,21-23H,5-16H2,1-2H3. The molecule has 156 valence electrons. The van der Waals surface area contributed by atoms with Crippen LogP contribution in [-0.4, -0.2) is 0 Å². The van der Waals surface area contributed by atoms with E-state index in [4.69, 9.17) is 0 Å². The van der Waals surface area contributed by atoms with Gasteiger partial charge in [0.25, 0.3) is 0 Å². The van der Waals surface area contributed by atoms with Crippen LogP contribution in [0.3, 0.4) is 0 Å². The van der Waals surface area contributed by atoms with Crippen LogP contribution in [-0.2, 0) is 6.42 Å². The Bertz CT molecular complexity index is 632. The normalized spacial score (nSPS) is 28.7. The van der Waals surface area contributed by atoms with E-state index in [1.807, 2.05) is 6.92 Å². The molecule has 0 saturated heterocycles. The van der Waals surface area contributed by atoms with E-state index in [1.54, 1.807) is 0 Å². The molecule has 28 heavy (non-hydrogen) atoms. The summed E-state index contributed by atoms with van der Waals surface area (Å²) in [6.07, 6.45) is 20.4. The Morgan fingerprint density at radius 1 is 0.786 bits per heavy atom. The highest BCUT2D eigenvalue weighted by molar-refractivity contribution is 5.27. The second kappa shape index (κ2) is 10.6. The molecule has 0 aliphatic heterocycles. The Morgan fingerprint density at radius 3 is 1.89 bits per heavy atom. The van der Waals surface area contributed by atoms with E-state index in [0.717, 1.165) is 47.6 Å². The summed E-state index contributed by atoms with van der Waals surface area (Å²) in [5, 5.41) is 0. The van der Waals surface area contributed by atoms with Crippen LogP contribution < -0.4 is 0 Å². The van der Waals surface area contributed by atoms with Gasteiger partial charge in [0.2, 0.25) is 0 Å². The van der Waals surface area contributed by atoms with Crippen molar-refractivity contribution in [2.24, 2.45) is 23.7 Å². The zero-order valence-corrected chi connectivity index (χ0v) is 17.9. The Labute approximate surface area is 170 Å². The van der Waals surface area contributed by atoms with Gasteiger partial charge in [-0.15, -0.1) is 0 Å². The Balaban J connectivity index is 1.32. The molecule has 0 bridgehead atoms. The van der Waals surface area contributed by atoms with Crippen molar-refractivity contribution in [3.63, 3.8) is 0 Å². The van der Waals surface area contributed by atoms with Crippen LogP contribution in [0.5, 0.6) is 0 Å². The molecule has 0 N–H and O–H groups in total. The van der Waals surface area contributed by atoms with Crippen molar-refractivity contribution in [1.82, 2.24) is 0 Å². The highest BCUT2D eigenvalue weighted by Crippen LogP contribution is 2.34.